The van der Waals surface area contributed by atoms with Gasteiger partial charge in [-0.1, -0.05) is 26.0 Å². The second kappa shape index (κ2) is 6.77. The molecule has 0 fully saturated rings. The lowest BCUT2D eigenvalue weighted by Gasteiger charge is -2.29. The Bertz CT molecular complexity index is 803. The van der Waals surface area contributed by atoms with Crippen molar-refractivity contribution < 1.29 is 14.6 Å². The van der Waals surface area contributed by atoms with Crippen LogP contribution >= 0.6 is 11.3 Å². The van der Waals surface area contributed by atoms with Crippen molar-refractivity contribution in [2.75, 3.05) is 7.11 Å². The number of rotatable bonds is 4. The molecule has 0 saturated carbocycles. The minimum absolute atomic E-state index is 0.274. The van der Waals surface area contributed by atoms with Crippen LogP contribution in [0.1, 0.15) is 50.5 Å². The summed E-state index contributed by atoms with van der Waals surface area (Å²) in [6.07, 6.45) is 3.81. The highest BCUT2D eigenvalue weighted by Gasteiger charge is 2.32. The fraction of sp³-hybridized carbons (Fsp3) is 0.474. The highest BCUT2D eigenvalue weighted by atomic mass is 32.1. The second-order valence-electron chi connectivity index (χ2n) is 7.23. The van der Waals surface area contributed by atoms with Gasteiger partial charge in [-0.05, 0) is 41.7 Å². The van der Waals surface area contributed by atoms with Crippen LogP contribution in [0.5, 0.6) is 0 Å². The van der Waals surface area contributed by atoms with E-state index in [1.165, 1.54) is 7.11 Å². The molecular weight excluding hydrogens is 336 g/mol. The Kier molecular flexibility index (Phi) is 4.84. The number of thiophene rings is 1. The number of ether oxygens (including phenoxy) is 1. The van der Waals surface area contributed by atoms with Crippen molar-refractivity contribution in [1.82, 2.24) is 9.78 Å². The van der Waals surface area contributed by atoms with Crippen LogP contribution in [-0.4, -0.2) is 28.0 Å². The molecule has 0 aliphatic heterocycles. The largest absolute Gasteiger partial charge is 0.467 e. The Labute approximate surface area is 151 Å². The summed E-state index contributed by atoms with van der Waals surface area (Å²) in [6, 6.07) is 3.99. The van der Waals surface area contributed by atoms with Crippen LogP contribution in [0.3, 0.4) is 0 Å². The summed E-state index contributed by atoms with van der Waals surface area (Å²) < 4.78 is 6.35. The molecule has 0 aromatic carbocycles. The van der Waals surface area contributed by atoms with Crippen LogP contribution in [-0.2, 0) is 16.6 Å². The van der Waals surface area contributed by atoms with Crippen LogP contribution < -0.4 is 0 Å². The minimum atomic E-state index is -1.35. The maximum absolute atomic E-state index is 12.0. The lowest BCUT2D eigenvalue weighted by atomic mass is 9.76. The number of aliphatic hydroxyl groups is 1. The Morgan fingerprint density at radius 2 is 2.24 bits per heavy atom. The Morgan fingerprint density at radius 3 is 2.80 bits per heavy atom. The molecule has 1 N–H and O–H groups in total. The van der Waals surface area contributed by atoms with Crippen molar-refractivity contribution in [3.8, 4) is 10.6 Å². The maximum Gasteiger partial charge on any atom is 0.341 e. The van der Waals surface area contributed by atoms with Crippen molar-refractivity contribution in [2.45, 2.75) is 39.2 Å². The third-order valence-electron chi connectivity index (χ3n) is 4.82. The highest BCUT2D eigenvalue weighted by molar-refractivity contribution is 7.13. The molecule has 1 atom stereocenters. The molecule has 134 valence electrons. The molecule has 6 heteroatoms. The number of allylic oxidation sites excluding steroid dienone is 2. The average Bonchev–Trinajstić information content (AvgIpc) is 3.21. The first-order chi connectivity index (χ1) is 11.8. The summed E-state index contributed by atoms with van der Waals surface area (Å²) in [6.45, 7) is 4.52. The summed E-state index contributed by atoms with van der Waals surface area (Å²) in [5, 5.41) is 17.2. The summed E-state index contributed by atoms with van der Waals surface area (Å²) >= 11 is 1.60. The molecule has 0 radical (unpaired) electrons. The van der Waals surface area contributed by atoms with Crippen molar-refractivity contribution in [2.24, 2.45) is 12.5 Å². The zero-order valence-corrected chi connectivity index (χ0v) is 15.9. The molecule has 1 aliphatic carbocycles. The number of aryl methyl sites for hydroxylation is 1. The fourth-order valence-corrected chi connectivity index (χ4v) is 4.00. The molecule has 5 nitrogen and oxygen atoms in total. The van der Waals surface area contributed by atoms with Gasteiger partial charge >= 0.3 is 5.97 Å². The van der Waals surface area contributed by atoms with E-state index in [1.54, 1.807) is 23.1 Å². The van der Waals surface area contributed by atoms with Gasteiger partial charge in [-0.3, -0.25) is 4.68 Å². The number of hydrogen-bond donors (Lipinski definition) is 1. The lowest BCUT2D eigenvalue weighted by Crippen LogP contribution is -2.19. The quantitative estimate of drug-likeness (QED) is 0.839. The van der Waals surface area contributed by atoms with Gasteiger partial charge in [0.25, 0.3) is 0 Å². The van der Waals surface area contributed by atoms with Crippen molar-refractivity contribution in [3.63, 3.8) is 0 Å². The summed E-state index contributed by atoms with van der Waals surface area (Å²) in [7, 11) is 3.04. The minimum Gasteiger partial charge on any atom is -0.467 e. The van der Waals surface area contributed by atoms with Crippen molar-refractivity contribution in [3.05, 3.63) is 34.8 Å². The van der Waals surface area contributed by atoms with Gasteiger partial charge in [0.1, 0.15) is 5.69 Å². The molecule has 25 heavy (non-hydrogen) atoms. The van der Waals surface area contributed by atoms with E-state index in [2.05, 4.69) is 25.0 Å². The van der Waals surface area contributed by atoms with Gasteiger partial charge < -0.3 is 9.84 Å². The van der Waals surface area contributed by atoms with E-state index in [4.69, 9.17) is 4.74 Å². The predicted octanol–water partition coefficient (Wildman–Crippen LogP) is 3.95. The number of nitrogens with zero attached hydrogens (tertiary/aromatic N) is 2. The highest BCUT2D eigenvalue weighted by Crippen LogP contribution is 2.43. The van der Waals surface area contributed by atoms with Gasteiger partial charge in [0.15, 0.2) is 6.10 Å². The Morgan fingerprint density at radius 1 is 1.48 bits per heavy atom. The molecule has 2 aromatic heterocycles. The number of carbonyl (C=O) groups is 1. The first-order valence-electron chi connectivity index (χ1n) is 8.40. The van der Waals surface area contributed by atoms with E-state index in [0.29, 0.717) is 5.69 Å². The molecule has 1 unspecified atom stereocenters. The van der Waals surface area contributed by atoms with Crippen molar-refractivity contribution in [1.29, 1.82) is 0 Å². The van der Waals surface area contributed by atoms with Crippen LogP contribution in [0.2, 0.25) is 0 Å². The standard InChI is InChI=1S/C19H24N2O3S/c1-19(2)9-7-12(8-10-19)14-15(13-6-5-11-25-13)20-21(3)16(14)17(22)18(23)24-4/h5-7,11,17,22H,8-10H2,1-4H3. The zero-order valence-electron chi connectivity index (χ0n) is 15.1. The summed E-state index contributed by atoms with van der Waals surface area (Å²) in [5.74, 6) is -0.668. The summed E-state index contributed by atoms with van der Waals surface area (Å²) in [4.78, 5) is 13.0. The third-order valence-corrected chi connectivity index (χ3v) is 5.70. The molecule has 0 amide bonds. The molecule has 0 saturated heterocycles. The van der Waals surface area contributed by atoms with Gasteiger partial charge in [-0.2, -0.15) is 5.10 Å². The first-order valence-corrected chi connectivity index (χ1v) is 9.28. The predicted molar refractivity (Wildman–Crippen MR) is 99.1 cm³/mol. The zero-order chi connectivity index (χ0) is 18.2. The lowest BCUT2D eigenvalue weighted by molar-refractivity contribution is -0.151. The van der Waals surface area contributed by atoms with E-state index >= 15 is 0 Å². The van der Waals surface area contributed by atoms with Gasteiger partial charge in [0, 0.05) is 12.6 Å². The second-order valence-corrected chi connectivity index (χ2v) is 8.18. The van der Waals surface area contributed by atoms with Gasteiger partial charge in [-0.15, -0.1) is 11.3 Å². The Balaban J connectivity index is 2.16. The molecule has 1 aliphatic rings. The van der Waals surface area contributed by atoms with E-state index in [-0.39, 0.29) is 5.41 Å². The molecule has 3 rings (SSSR count). The first kappa shape index (κ1) is 17.9. The molecular formula is C19H24N2O3S. The van der Waals surface area contributed by atoms with Crippen molar-refractivity contribution >= 4 is 22.9 Å². The average molecular weight is 360 g/mol. The van der Waals surface area contributed by atoms with Crippen LogP contribution in [0, 0.1) is 5.41 Å². The number of hydrogen-bond acceptors (Lipinski definition) is 5. The van der Waals surface area contributed by atoms with E-state index in [1.807, 2.05) is 17.5 Å². The van der Waals surface area contributed by atoms with Crippen LogP contribution in [0.4, 0.5) is 0 Å². The number of aromatic nitrogens is 2. The van der Waals surface area contributed by atoms with Crippen LogP contribution in [0.15, 0.2) is 23.6 Å². The monoisotopic (exact) mass is 360 g/mol. The topological polar surface area (TPSA) is 64.3 Å². The van der Waals surface area contributed by atoms with Crippen LogP contribution in [0.25, 0.3) is 16.1 Å². The molecule has 2 aromatic rings. The van der Waals surface area contributed by atoms with Gasteiger partial charge in [0.05, 0.1) is 17.7 Å². The number of methoxy groups -OCH3 is 1. The molecule has 0 bridgehead atoms. The van der Waals surface area contributed by atoms with E-state index in [9.17, 15) is 9.90 Å². The van der Waals surface area contributed by atoms with Gasteiger partial charge in [-0.25, -0.2) is 4.79 Å². The smallest absolute Gasteiger partial charge is 0.341 e. The molecule has 0 spiro atoms. The Hall–Kier alpha value is -1.92. The normalized spacial score (nSPS) is 17.9. The van der Waals surface area contributed by atoms with E-state index < -0.39 is 12.1 Å². The molecule has 2 heterocycles. The summed E-state index contributed by atoms with van der Waals surface area (Å²) in [5.41, 5.74) is 3.62. The van der Waals surface area contributed by atoms with E-state index in [0.717, 1.165) is 41.0 Å². The maximum atomic E-state index is 12.0. The number of esters is 1. The third kappa shape index (κ3) is 3.41. The number of aliphatic hydroxyl groups excluding tert-OH is 1. The SMILES string of the molecule is COC(=O)C(O)c1c(C2=CCC(C)(C)CC2)c(-c2cccs2)nn1C. The number of carbonyl (C=O) groups excluding carboxylic acids is 1. The van der Waals surface area contributed by atoms with Gasteiger partial charge in [0.2, 0.25) is 0 Å². The fourth-order valence-electron chi connectivity index (χ4n) is 3.28.